The second-order valence-electron chi connectivity index (χ2n) is 4.82. The van der Waals surface area contributed by atoms with Gasteiger partial charge in [0.1, 0.15) is 0 Å². The lowest BCUT2D eigenvalue weighted by Crippen LogP contribution is -2.51. The molecular weight excluding hydrogens is 204 g/mol. The summed E-state index contributed by atoms with van der Waals surface area (Å²) in [5.74, 6) is 0.811. The van der Waals surface area contributed by atoms with E-state index < -0.39 is 0 Å². The standard InChI is InChI=1S/C12H20N2S/c1-12(9-13,11-3-4-11)14(2)7-10-5-6-15-8-10/h5-6,8,11H,3-4,7,9,13H2,1-2H3. The highest BCUT2D eigenvalue weighted by atomic mass is 32.1. The first kappa shape index (κ1) is 11.1. The molecule has 0 spiro atoms. The Labute approximate surface area is 96.1 Å². The van der Waals surface area contributed by atoms with Crippen molar-refractivity contribution >= 4 is 11.3 Å². The van der Waals surface area contributed by atoms with Crippen molar-refractivity contribution in [3.8, 4) is 0 Å². The zero-order chi connectivity index (χ0) is 10.9. The highest BCUT2D eigenvalue weighted by molar-refractivity contribution is 7.07. The van der Waals surface area contributed by atoms with Crippen LogP contribution in [0, 0.1) is 5.92 Å². The Hall–Kier alpha value is -0.380. The minimum atomic E-state index is 0.196. The summed E-state index contributed by atoms with van der Waals surface area (Å²) in [4.78, 5) is 2.42. The van der Waals surface area contributed by atoms with Crippen molar-refractivity contribution in [2.45, 2.75) is 31.8 Å². The summed E-state index contributed by atoms with van der Waals surface area (Å²) in [7, 11) is 2.20. The van der Waals surface area contributed by atoms with E-state index in [0.29, 0.717) is 0 Å². The highest BCUT2D eigenvalue weighted by Gasteiger charge is 2.43. The van der Waals surface area contributed by atoms with Crippen molar-refractivity contribution in [1.29, 1.82) is 0 Å². The van der Waals surface area contributed by atoms with Gasteiger partial charge in [-0.3, -0.25) is 4.90 Å². The van der Waals surface area contributed by atoms with Crippen LogP contribution in [0.1, 0.15) is 25.3 Å². The molecule has 2 rings (SSSR count). The Morgan fingerprint density at radius 2 is 2.33 bits per heavy atom. The molecule has 15 heavy (non-hydrogen) atoms. The molecule has 0 saturated heterocycles. The highest BCUT2D eigenvalue weighted by Crippen LogP contribution is 2.42. The van der Waals surface area contributed by atoms with E-state index in [1.54, 1.807) is 11.3 Å². The van der Waals surface area contributed by atoms with E-state index in [-0.39, 0.29) is 5.54 Å². The molecule has 0 bridgehead atoms. The fraction of sp³-hybridized carbons (Fsp3) is 0.667. The summed E-state index contributed by atoms with van der Waals surface area (Å²) in [5.41, 5.74) is 7.54. The average Bonchev–Trinajstić information content (AvgIpc) is 2.98. The summed E-state index contributed by atoms with van der Waals surface area (Å²) in [5, 5.41) is 4.36. The van der Waals surface area contributed by atoms with E-state index in [0.717, 1.165) is 19.0 Å². The van der Waals surface area contributed by atoms with E-state index in [9.17, 15) is 0 Å². The molecule has 1 aromatic rings. The van der Waals surface area contributed by atoms with Crippen LogP contribution < -0.4 is 5.73 Å². The van der Waals surface area contributed by atoms with Gasteiger partial charge in [-0.05, 0) is 55.1 Å². The van der Waals surface area contributed by atoms with E-state index in [2.05, 4.69) is 35.7 Å². The monoisotopic (exact) mass is 224 g/mol. The number of hydrogen-bond acceptors (Lipinski definition) is 3. The zero-order valence-electron chi connectivity index (χ0n) is 9.57. The van der Waals surface area contributed by atoms with Gasteiger partial charge in [0, 0.05) is 18.6 Å². The van der Waals surface area contributed by atoms with Gasteiger partial charge in [-0.15, -0.1) is 0 Å². The number of nitrogens with two attached hydrogens (primary N) is 1. The van der Waals surface area contributed by atoms with Crippen LogP contribution in [0.15, 0.2) is 16.8 Å². The molecule has 84 valence electrons. The molecule has 0 aliphatic heterocycles. The van der Waals surface area contributed by atoms with E-state index in [1.165, 1.54) is 18.4 Å². The fourth-order valence-corrected chi connectivity index (χ4v) is 2.84. The van der Waals surface area contributed by atoms with Crippen molar-refractivity contribution in [2.24, 2.45) is 11.7 Å². The maximum Gasteiger partial charge on any atom is 0.0332 e. The van der Waals surface area contributed by atoms with E-state index >= 15 is 0 Å². The molecule has 2 N–H and O–H groups in total. The minimum Gasteiger partial charge on any atom is -0.329 e. The van der Waals surface area contributed by atoms with Gasteiger partial charge in [0.05, 0.1) is 0 Å². The first-order valence-corrected chi connectivity index (χ1v) is 6.53. The number of thiophene rings is 1. The van der Waals surface area contributed by atoms with Crippen LogP contribution >= 0.6 is 11.3 Å². The van der Waals surface area contributed by atoms with Gasteiger partial charge in [-0.2, -0.15) is 11.3 Å². The smallest absolute Gasteiger partial charge is 0.0332 e. The van der Waals surface area contributed by atoms with Crippen LogP contribution in [0.5, 0.6) is 0 Å². The fourth-order valence-electron chi connectivity index (χ4n) is 2.18. The van der Waals surface area contributed by atoms with Crippen LogP contribution in [0.2, 0.25) is 0 Å². The Morgan fingerprint density at radius 1 is 1.60 bits per heavy atom. The second kappa shape index (κ2) is 4.24. The molecule has 1 aromatic heterocycles. The van der Waals surface area contributed by atoms with Gasteiger partial charge in [-0.25, -0.2) is 0 Å². The van der Waals surface area contributed by atoms with Crippen LogP contribution in [-0.2, 0) is 6.54 Å². The Bertz CT molecular complexity index is 305. The molecule has 0 aromatic carbocycles. The van der Waals surface area contributed by atoms with Crippen LogP contribution in [0.3, 0.4) is 0 Å². The summed E-state index contributed by atoms with van der Waals surface area (Å²) >= 11 is 1.77. The lowest BCUT2D eigenvalue weighted by Gasteiger charge is -2.38. The lowest BCUT2D eigenvalue weighted by atomic mass is 9.93. The molecule has 1 atom stereocenters. The average molecular weight is 224 g/mol. The minimum absolute atomic E-state index is 0.196. The van der Waals surface area contributed by atoms with Crippen molar-refractivity contribution in [1.82, 2.24) is 4.90 Å². The van der Waals surface area contributed by atoms with E-state index in [1.807, 2.05) is 0 Å². The van der Waals surface area contributed by atoms with Crippen LogP contribution in [-0.4, -0.2) is 24.0 Å². The predicted molar refractivity (Wildman–Crippen MR) is 66.0 cm³/mol. The van der Waals surface area contributed by atoms with Gasteiger partial charge < -0.3 is 5.73 Å². The zero-order valence-corrected chi connectivity index (χ0v) is 10.4. The Kier molecular flexibility index (Phi) is 3.14. The summed E-state index contributed by atoms with van der Waals surface area (Å²) < 4.78 is 0. The summed E-state index contributed by atoms with van der Waals surface area (Å²) in [6, 6.07) is 2.20. The molecule has 1 unspecified atom stereocenters. The van der Waals surface area contributed by atoms with Crippen LogP contribution in [0.4, 0.5) is 0 Å². The third kappa shape index (κ3) is 2.25. The summed E-state index contributed by atoms with van der Waals surface area (Å²) in [6.07, 6.45) is 2.70. The molecule has 0 radical (unpaired) electrons. The maximum absolute atomic E-state index is 5.94. The SMILES string of the molecule is CN(Cc1ccsc1)C(C)(CN)C1CC1. The lowest BCUT2D eigenvalue weighted by molar-refractivity contribution is 0.113. The van der Waals surface area contributed by atoms with Crippen molar-refractivity contribution in [2.75, 3.05) is 13.6 Å². The number of likely N-dealkylation sites (N-methyl/N-ethyl adjacent to an activating group) is 1. The van der Waals surface area contributed by atoms with E-state index in [4.69, 9.17) is 5.73 Å². The molecule has 2 nitrogen and oxygen atoms in total. The van der Waals surface area contributed by atoms with Crippen molar-refractivity contribution < 1.29 is 0 Å². The molecular formula is C12H20N2S. The largest absolute Gasteiger partial charge is 0.329 e. The first-order chi connectivity index (χ1) is 7.16. The Balaban J connectivity index is 2.02. The molecule has 1 aliphatic rings. The van der Waals surface area contributed by atoms with Crippen molar-refractivity contribution in [3.63, 3.8) is 0 Å². The van der Waals surface area contributed by atoms with Gasteiger partial charge in [-0.1, -0.05) is 0 Å². The van der Waals surface area contributed by atoms with Crippen molar-refractivity contribution in [3.05, 3.63) is 22.4 Å². The third-order valence-electron chi connectivity index (χ3n) is 3.74. The maximum atomic E-state index is 5.94. The van der Waals surface area contributed by atoms with Gasteiger partial charge in [0.15, 0.2) is 0 Å². The normalized spacial score (nSPS) is 20.5. The number of nitrogens with zero attached hydrogens (tertiary/aromatic N) is 1. The molecule has 3 heteroatoms. The van der Waals surface area contributed by atoms with Gasteiger partial charge in [0.2, 0.25) is 0 Å². The molecule has 0 amide bonds. The first-order valence-electron chi connectivity index (χ1n) is 5.59. The van der Waals surface area contributed by atoms with Crippen LogP contribution in [0.25, 0.3) is 0 Å². The molecule has 1 fully saturated rings. The topological polar surface area (TPSA) is 29.3 Å². The van der Waals surface area contributed by atoms with Gasteiger partial charge >= 0.3 is 0 Å². The summed E-state index contributed by atoms with van der Waals surface area (Å²) in [6.45, 7) is 4.09. The number of hydrogen-bond donors (Lipinski definition) is 1. The van der Waals surface area contributed by atoms with Gasteiger partial charge in [0.25, 0.3) is 0 Å². The predicted octanol–water partition coefficient (Wildman–Crippen LogP) is 2.31. The molecule has 1 aliphatic carbocycles. The quantitative estimate of drug-likeness (QED) is 0.831. The number of rotatable bonds is 5. The second-order valence-corrected chi connectivity index (χ2v) is 5.60. The molecule has 1 saturated carbocycles. The molecule has 1 heterocycles. The third-order valence-corrected chi connectivity index (χ3v) is 4.47. The Morgan fingerprint density at radius 3 is 2.80 bits per heavy atom.